The summed E-state index contributed by atoms with van der Waals surface area (Å²) in [6.45, 7) is 5.62. The molecule has 0 aliphatic carbocycles. The zero-order valence-corrected chi connectivity index (χ0v) is 13.4. The Bertz CT molecular complexity index is 502. The van der Waals surface area contributed by atoms with E-state index in [9.17, 15) is 10.1 Å². The number of rotatable bonds is 7. The zero-order valence-electron chi connectivity index (χ0n) is 12.6. The Morgan fingerprint density at radius 3 is 2.90 bits per heavy atom. The van der Waals surface area contributed by atoms with E-state index in [-0.39, 0.29) is 15.4 Å². The predicted molar refractivity (Wildman–Crippen MR) is 87.5 cm³/mol. The number of nitro benzene ring substituents is 1. The van der Waals surface area contributed by atoms with Crippen molar-refractivity contribution in [2.75, 3.05) is 24.2 Å². The molecule has 0 amide bonds. The fraction of sp³-hybridized carbons (Fsp3) is 0.600. The molecule has 0 bridgehead atoms. The quantitative estimate of drug-likeness (QED) is 0.607. The van der Waals surface area contributed by atoms with Crippen molar-refractivity contribution in [2.45, 2.75) is 37.9 Å². The van der Waals surface area contributed by atoms with Crippen molar-refractivity contribution >= 4 is 23.1 Å². The van der Waals surface area contributed by atoms with Gasteiger partial charge in [-0.2, -0.15) is 11.8 Å². The van der Waals surface area contributed by atoms with Crippen LogP contribution < -0.4 is 10.1 Å². The van der Waals surface area contributed by atoms with Crippen molar-refractivity contribution < 1.29 is 9.66 Å². The molecule has 1 heterocycles. The summed E-state index contributed by atoms with van der Waals surface area (Å²) in [5.74, 6) is 1.75. The lowest BCUT2D eigenvalue weighted by Gasteiger charge is -2.23. The van der Waals surface area contributed by atoms with E-state index in [1.807, 2.05) is 24.8 Å². The standard InChI is InChI=1S/C15H22N2O3S/c1-3-6-20-14-9-12(8-13(10-14)17(18)19)16-11-15(2)5-4-7-21-15/h8-10,16H,3-7,11H2,1-2H3. The molecule has 6 heteroatoms. The SMILES string of the molecule is CCCOc1cc(NCC2(C)CCCS2)cc([N+](=O)[O-])c1. The number of benzene rings is 1. The summed E-state index contributed by atoms with van der Waals surface area (Å²) < 4.78 is 5.75. The van der Waals surface area contributed by atoms with Gasteiger partial charge in [-0.1, -0.05) is 6.92 Å². The second-order valence-electron chi connectivity index (χ2n) is 5.58. The molecular weight excluding hydrogens is 288 g/mol. The summed E-state index contributed by atoms with van der Waals surface area (Å²) >= 11 is 1.96. The van der Waals surface area contributed by atoms with Gasteiger partial charge in [0.1, 0.15) is 5.75 Å². The maximum atomic E-state index is 11.0. The Morgan fingerprint density at radius 2 is 2.29 bits per heavy atom. The summed E-state index contributed by atoms with van der Waals surface area (Å²) in [4.78, 5) is 10.6. The predicted octanol–water partition coefficient (Wildman–Crippen LogP) is 4.08. The smallest absolute Gasteiger partial charge is 0.275 e. The molecule has 1 saturated heterocycles. The number of nitro groups is 1. The molecule has 0 radical (unpaired) electrons. The summed E-state index contributed by atoms with van der Waals surface area (Å²) in [7, 11) is 0. The highest BCUT2D eigenvalue weighted by Gasteiger charge is 2.29. The first kappa shape index (κ1) is 15.9. The molecule has 0 saturated carbocycles. The second kappa shape index (κ2) is 7.02. The normalized spacial score (nSPS) is 21.2. The molecule has 116 valence electrons. The minimum Gasteiger partial charge on any atom is -0.493 e. The third-order valence-electron chi connectivity index (χ3n) is 3.54. The summed E-state index contributed by atoms with van der Waals surface area (Å²) in [5.41, 5.74) is 0.819. The fourth-order valence-corrected chi connectivity index (χ4v) is 3.60. The maximum Gasteiger partial charge on any atom is 0.275 e. The number of hydrogen-bond acceptors (Lipinski definition) is 5. The molecule has 21 heavy (non-hydrogen) atoms. The highest BCUT2D eigenvalue weighted by molar-refractivity contribution is 8.00. The van der Waals surface area contributed by atoms with Crippen LogP contribution in [0.2, 0.25) is 0 Å². The Labute approximate surface area is 129 Å². The lowest BCUT2D eigenvalue weighted by Crippen LogP contribution is -2.27. The molecule has 1 aliphatic heterocycles. The van der Waals surface area contributed by atoms with E-state index in [0.717, 1.165) is 18.7 Å². The highest BCUT2D eigenvalue weighted by atomic mass is 32.2. The lowest BCUT2D eigenvalue weighted by atomic mass is 10.1. The van der Waals surface area contributed by atoms with Gasteiger partial charge in [0.05, 0.1) is 17.6 Å². The zero-order chi connectivity index (χ0) is 15.3. The first-order valence-electron chi connectivity index (χ1n) is 7.32. The maximum absolute atomic E-state index is 11.0. The minimum atomic E-state index is -0.379. The van der Waals surface area contributed by atoms with E-state index in [4.69, 9.17) is 4.74 Å². The Hall–Kier alpha value is -1.43. The van der Waals surface area contributed by atoms with Crippen molar-refractivity contribution in [1.29, 1.82) is 0 Å². The van der Waals surface area contributed by atoms with Gasteiger partial charge in [-0.3, -0.25) is 10.1 Å². The van der Waals surface area contributed by atoms with Gasteiger partial charge in [0.15, 0.2) is 0 Å². The van der Waals surface area contributed by atoms with Crippen LogP contribution in [-0.4, -0.2) is 28.6 Å². The Morgan fingerprint density at radius 1 is 1.48 bits per heavy atom. The number of nitrogens with zero attached hydrogens (tertiary/aromatic N) is 1. The van der Waals surface area contributed by atoms with Gasteiger partial charge in [0.2, 0.25) is 0 Å². The average Bonchev–Trinajstić information content (AvgIpc) is 2.90. The molecule has 1 N–H and O–H groups in total. The first-order chi connectivity index (χ1) is 10.0. The summed E-state index contributed by atoms with van der Waals surface area (Å²) in [6, 6.07) is 4.89. The number of nitrogens with one attached hydrogen (secondary N) is 1. The van der Waals surface area contributed by atoms with E-state index in [2.05, 4.69) is 12.2 Å². The number of thioether (sulfide) groups is 1. The third-order valence-corrected chi connectivity index (χ3v) is 5.08. The van der Waals surface area contributed by atoms with Crippen molar-refractivity contribution in [3.63, 3.8) is 0 Å². The van der Waals surface area contributed by atoms with Gasteiger partial charge in [0, 0.05) is 29.1 Å². The molecule has 1 unspecified atom stereocenters. The van der Waals surface area contributed by atoms with Crippen molar-refractivity contribution in [3.05, 3.63) is 28.3 Å². The minimum absolute atomic E-state index is 0.0651. The van der Waals surface area contributed by atoms with Gasteiger partial charge >= 0.3 is 0 Å². The molecule has 0 aromatic heterocycles. The molecule has 1 aromatic rings. The van der Waals surface area contributed by atoms with E-state index >= 15 is 0 Å². The number of anilines is 1. The van der Waals surface area contributed by atoms with Crippen LogP contribution in [0, 0.1) is 10.1 Å². The topological polar surface area (TPSA) is 64.4 Å². The van der Waals surface area contributed by atoms with Crippen LogP contribution in [0.5, 0.6) is 5.75 Å². The molecule has 1 aromatic carbocycles. The first-order valence-corrected chi connectivity index (χ1v) is 8.31. The van der Waals surface area contributed by atoms with E-state index in [0.29, 0.717) is 12.4 Å². The molecular formula is C15H22N2O3S. The highest BCUT2D eigenvalue weighted by Crippen LogP contribution is 2.38. The third kappa shape index (κ3) is 4.52. The van der Waals surface area contributed by atoms with Gasteiger partial charge in [-0.25, -0.2) is 0 Å². The van der Waals surface area contributed by atoms with Crippen LogP contribution in [0.3, 0.4) is 0 Å². The van der Waals surface area contributed by atoms with Crippen LogP contribution in [0.1, 0.15) is 33.1 Å². The van der Waals surface area contributed by atoms with E-state index < -0.39 is 0 Å². The fourth-order valence-electron chi connectivity index (χ4n) is 2.36. The number of ether oxygens (including phenoxy) is 1. The average molecular weight is 310 g/mol. The van der Waals surface area contributed by atoms with Crippen molar-refractivity contribution in [2.24, 2.45) is 0 Å². The van der Waals surface area contributed by atoms with E-state index in [1.54, 1.807) is 6.07 Å². The largest absolute Gasteiger partial charge is 0.493 e. The van der Waals surface area contributed by atoms with Gasteiger partial charge in [-0.15, -0.1) is 0 Å². The lowest BCUT2D eigenvalue weighted by molar-refractivity contribution is -0.384. The van der Waals surface area contributed by atoms with Gasteiger partial charge in [0.25, 0.3) is 5.69 Å². The molecule has 1 fully saturated rings. The molecule has 1 atom stereocenters. The molecule has 2 rings (SSSR count). The van der Waals surface area contributed by atoms with E-state index in [1.165, 1.54) is 24.7 Å². The summed E-state index contributed by atoms with van der Waals surface area (Å²) in [5, 5.41) is 14.4. The second-order valence-corrected chi connectivity index (χ2v) is 7.26. The molecule has 5 nitrogen and oxygen atoms in total. The van der Waals surface area contributed by atoms with Crippen LogP contribution >= 0.6 is 11.8 Å². The molecule has 1 aliphatic rings. The van der Waals surface area contributed by atoms with Gasteiger partial charge < -0.3 is 10.1 Å². The van der Waals surface area contributed by atoms with Crippen molar-refractivity contribution in [3.8, 4) is 5.75 Å². The van der Waals surface area contributed by atoms with Crippen LogP contribution in [0.15, 0.2) is 18.2 Å². The van der Waals surface area contributed by atoms with Crippen LogP contribution in [-0.2, 0) is 0 Å². The Kier molecular flexibility index (Phi) is 5.33. The van der Waals surface area contributed by atoms with Crippen LogP contribution in [0.4, 0.5) is 11.4 Å². The Balaban J connectivity index is 2.09. The van der Waals surface area contributed by atoms with Gasteiger partial charge in [-0.05, 0) is 31.9 Å². The number of hydrogen-bond donors (Lipinski definition) is 1. The molecule has 0 spiro atoms. The van der Waals surface area contributed by atoms with Crippen LogP contribution in [0.25, 0.3) is 0 Å². The monoisotopic (exact) mass is 310 g/mol. The van der Waals surface area contributed by atoms with Crippen molar-refractivity contribution in [1.82, 2.24) is 0 Å². The number of non-ortho nitro benzene ring substituents is 1. The summed E-state index contributed by atoms with van der Waals surface area (Å²) in [6.07, 6.45) is 3.29.